The smallest absolute Gasteiger partial charge is 0.242 e. The maximum absolute atomic E-state index is 13.4. The van der Waals surface area contributed by atoms with Crippen LogP contribution >= 0.6 is 11.3 Å². The molecule has 0 radical (unpaired) electrons. The number of nitrogens with zero attached hydrogens (tertiary/aromatic N) is 4. The Balaban J connectivity index is 1.56. The van der Waals surface area contributed by atoms with E-state index in [1.54, 1.807) is 22.3 Å². The third-order valence-corrected chi connectivity index (χ3v) is 5.58. The molecule has 1 fully saturated rings. The van der Waals surface area contributed by atoms with Gasteiger partial charge in [-0.2, -0.15) is 0 Å². The molecule has 5 nitrogen and oxygen atoms in total. The zero-order valence-electron chi connectivity index (χ0n) is 14.7. The van der Waals surface area contributed by atoms with Crippen LogP contribution in [0.1, 0.15) is 17.0 Å². The quantitative estimate of drug-likeness (QED) is 0.710. The fourth-order valence-electron chi connectivity index (χ4n) is 3.31. The van der Waals surface area contributed by atoms with Gasteiger partial charge in [-0.3, -0.25) is 4.79 Å². The van der Waals surface area contributed by atoms with Gasteiger partial charge in [-0.15, -0.1) is 11.3 Å². The Morgan fingerprint density at radius 2 is 2.08 bits per heavy atom. The molecule has 134 valence electrons. The highest BCUT2D eigenvalue weighted by atomic mass is 32.1. The van der Waals surface area contributed by atoms with E-state index in [1.165, 1.54) is 12.1 Å². The number of halogens is 1. The Morgan fingerprint density at radius 1 is 1.23 bits per heavy atom. The Morgan fingerprint density at radius 3 is 2.85 bits per heavy atom. The van der Waals surface area contributed by atoms with Crippen molar-refractivity contribution >= 4 is 33.3 Å². The van der Waals surface area contributed by atoms with E-state index in [-0.39, 0.29) is 18.3 Å². The highest BCUT2D eigenvalue weighted by Crippen LogP contribution is 2.32. The summed E-state index contributed by atoms with van der Waals surface area (Å²) in [6, 6.07) is 6.40. The Bertz CT molecular complexity index is 987. The van der Waals surface area contributed by atoms with Crippen LogP contribution in [0.15, 0.2) is 29.6 Å². The van der Waals surface area contributed by atoms with E-state index < -0.39 is 0 Å². The lowest BCUT2D eigenvalue weighted by Gasteiger charge is -2.35. The molecule has 0 saturated carbocycles. The normalized spacial score (nSPS) is 15.1. The van der Waals surface area contributed by atoms with Crippen LogP contribution in [-0.4, -0.2) is 40.4 Å². The van der Waals surface area contributed by atoms with Gasteiger partial charge in [0.2, 0.25) is 5.91 Å². The molecule has 3 aromatic rings. The summed E-state index contributed by atoms with van der Waals surface area (Å²) >= 11 is 1.60. The predicted octanol–water partition coefficient (Wildman–Crippen LogP) is 3.30. The third-order valence-electron chi connectivity index (χ3n) is 4.59. The summed E-state index contributed by atoms with van der Waals surface area (Å²) in [6.07, 6.45) is 0. The summed E-state index contributed by atoms with van der Waals surface area (Å²) < 4.78 is 13.4. The Hall–Kier alpha value is -2.54. The number of aromatic nitrogens is 2. The van der Waals surface area contributed by atoms with Gasteiger partial charge in [-0.25, -0.2) is 14.4 Å². The molecule has 0 aliphatic carbocycles. The van der Waals surface area contributed by atoms with Gasteiger partial charge in [0.25, 0.3) is 0 Å². The number of amides is 1. The number of hydrogen-bond donors (Lipinski definition) is 0. The fraction of sp³-hybridized carbons (Fsp3) is 0.316. The SMILES string of the molecule is Cc1nc(N2CCN(Cc3cccc(F)c3)C(=O)C2)c2c(C)csc2n1. The number of thiophene rings is 1. The molecule has 1 aliphatic rings. The van der Waals surface area contributed by atoms with Crippen LogP contribution in [0.2, 0.25) is 0 Å². The molecular weight excluding hydrogens is 351 g/mol. The second-order valence-corrected chi connectivity index (χ2v) is 7.42. The molecule has 0 N–H and O–H groups in total. The summed E-state index contributed by atoms with van der Waals surface area (Å²) in [6.45, 7) is 5.91. The summed E-state index contributed by atoms with van der Waals surface area (Å²) in [4.78, 5) is 26.5. The lowest BCUT2D eigenvalue weighted by molar-refractivity contribution is -0.131. The number of aryl methyl sites for hydroxylation is 2. The Kier molecular flexibility index (Phi) is 4.32. The first-order chi connectivity index (χ1) is 12.5. The maximum Gasteiger partial charge on any atom is 0.242 e. The molecule has 26 heavy (non-hydrogen) atoms. The molecule has 1 aromatic carbocycles. The van der Waals surface area contributed by atoms with E-state index in [4.69, 9.17) is 0 Å². The van der Waals surface area contributed by atoms with Crippen molar-refractivity contribution in [1.29, 1.82) is 0 Å². The van der Waals surface area contributed by atoms with Gasteiger partial charge >= 0.3 is 0 Å². The molecule has 1 aliphatic heterocycles. The highest BCUT2D eigenvalue weighted by molar-refractivity contribution is 7.17. The topological polar surface area (TPSA) is 49.3 Å². The van der Waals surface area contributed by atoms with Crippen molar-refractivity contribution < 1.29 is 9.18 Å². The van der Waals surface area contributed by atoms with Crippen molar-refractivity contribution in [2.75, 3.05) is 24.5 Å². The molecule has 1 amide bonds. The van der Waals surface area contributed by atoms with Crippen molar-refractivity contribution in [3.63, 3.8) is 0 Å². The van der Waals surface area contributed by atoms with E-state index in [1.807, 2.05) is 24.8 Å². The van der Waals surface area contributed by atoms with Crippen molar-refractivity contribution in [3.8, 4) is 0 Å². The highest BCUT2D eigenvalue weighted by Gasteiger charge is 2.27. The van der Waals surface area contributed by atoms with Crippen LogP contribution < -0.4 is 4.90 Å². The number of piperazine rings is 1. The molecule has 4 rings (SSSR count). The molecule has 0 unspecified atom stereocenters. The van der Waals surface area contributed by atoms with Crippen LogP contribution in [-0.2, 0) is 11.3 Å². The number of fused-ring (bicyclic) bond motifs is 1. The molecule has 7 heteroatoms. The lowest BCUT2D eigenvalue weighted by Crippen LogP contribution is -2.50. The molecule has 1 saturated heterocycles. The van der Waals surface area contributed by atoms with Crippen molar-refractivity contribution in [3.05, 3.63) is 52.4 Å². The average Bonchev–Trinajstić information content (AvgIpc) is 2.97. The van der Waals surface area contributed by atoms with Gasteiger partial charge in [0.15, 0.2) is 0 Å². The van der Waals surface area contributed by atoms with Gasteiger partial charge < -0.3 is 9.80 Å². The van der Waals surface area contributed by atoms with Crippen LogP contribution in [0, 0.1) is 19.7 Å². The molecule has 0 spiro atoms. The van der Waals surface area contributed by atoms with Gasteiger partial charge in [-0.05, 0) is 42.5 Å². The molecule has 0 atom stereocenters. The number of rotatable bonds is 3. The summed E-state index contributed by atoms with van der Waals surface area (Å²) in [5.41, 5.74) is 1.94. The first-order valence-corrected chi connectivity index (χ1v) is 9.39. The lowest BCUT2D eigenvalue weighted by atomic mass is 10.1. The summed E-state index contributed by atoms with van der Waals surface area (Å²) in [7, 11) is 0. The first kappa shape index (κ1) is 16.9. The Labute approximate surface area is 155 Å². The second kappa shape index (κ2) is 6.64. The van der Waals surface area contributed by atoms with Gasteiger partial charge in [0.05, 0.1) is 11.9 Å². The standard InChI is InChI=1S/C19H19FN4OS/c1-12-11-26-19-17(12)18(21-13(2)22-19)24-7-6-23(16(25)10-24)9-14-4-3-5-15(20)8-14/h3-5,8,11H,6-7,9-10H2,1-2H3. The van der Waals surface area contributed by atoms with E-state index in [9.17, 15) is 9.18 Å². The van der Waals surface area contributed by atoms with E-state index in [0.717, 1.165) is 27.2 Å². The zero-order chi connectivity index (χ0) is 18.3. The monoisotopic (exact) mass is 370 g/mol. The molecule has 3 heterocycles. The summed E-state index contributed by atoms with van der Waals surface area (Å²) in [5.74, 6) is 1.30. The number of carbonyl (C=O) groups is 1. The zero-order valence-corrected chi connectivity index (χ0v) is 15.5. The second-order valence-electron chi connectivity index (χ2n) is 6.56. The van der Waals surface area contributed by atoms with Crippen LogP contribution in [0.4, 0.5) is 10.2 Å². The molecular formula is C19H19FN4OS. The average molecular weight is 370 g/mol. The first-order valence-electron chi connectivity index (χ1n) is 8.51. The van der Waals surface area contributed by atoms with Gasteiger partial charge in [-0.1, -0.05) is 12.1 Å². The predicted molar refractivity (Wildman–Crippen MR) is 101 cm³/mol. The van der Waals surface area contributed by atoms with E-state index in [0.29, 0.717) is 25.5 Å². The summed E-state index contributed by atoms with van der Waals surface area (Å²) in [5, 5.41) is 3.11. The van der Waals surface area contributed by atoms with Gasteiger partial charge in [0.1, 0.15) is 22.3 Å². The minimum Gasteiger partial charge on any atom is -0.345 e. The number of carbonyl (C=O) groups excluding carboxylic acids is 1. The minimum absolute atomic E-state index is 0.0257. The van der Waals surface area contributed by atoms with Gasteiger partial charge in [0, 0.05) is 19.6 Å². The van der Waals surface area contributed by atoms with E-state index >= 15 is 0 Å². The number of benzene rings is 1. The number of anilines is 1. The van der Waals surface area contributed by atoms with Crippen LogP contribution in [0.5, 0.6) is 0 Å². The maximum atomic E-state index is 13.4. The van der Waals surface area contributed by atoms with E-state index in [2.05, 4.69) is 15.3 Å². The van der Waals surface area contributed by atoms with Crippen molar-refractivity contribution in [1.82, 2.24) is 14.9 Å². The fourth-order valence-corrected chi connectivity index (χ4v) is 4.27. The van der Waals surface area contributed by atoms with Crippen molar-refractivity contribution in [2.45, 2.75) is 20.4 Å². The van der Waals surface area contributed by atoms with Crippen LogP contribution in [0.3, 0.4) is 0 Å². The third kappa shape index (κ3) is 3.14. The molecule has 0 bridgehead atoms. The van der Waals surface area contributed by atoms with Crippen molar-refractivity contribution in [2.24, 2.45) is 0 Å². The minimum atomic E-state index is -0.277. The number of hydrogen-bond acceptors (Lipinski definition) is 5. The molecule has 2 aromatic heterocycles. The largest absolute Gasteiger partial charge is 0.345 e. The van der Waals surface area contributed by atoms with Crippen LogP contribution in [0.25, 0.3) is 10.2 Å².